The van der Waals surface area contributed by atoms with E-state index in [0.717, 1.165) is 39.1 Å². The van der Waals surface area contributed by atoms with Gasteiger partial charge in [0, 0.05) is 49.4 Å². The third kappa shape index (κ3) is 9.53. The summed E-state index contributed by atoms with van der Waals surface area (Å²) in [5.41, 5.74) is 11.5. The highest BCUT2D eigenvalue weighted by atomic mass is 19.4. The number of fused-ring (bicyclic) bond motifs is 6. The van der Waals surface area contributed by atoms with E-state index in [9.17, 15) is 21.0 Å². The Kier molecular flexibility index (Phi) is 13.7. The summed E-state index contributed by atoms with van der Waals surface area (Å²) >= 11 is 0. The van der Waals surface area contributed by atoms with Gasteiger partial charge >= 0.3 is 6.18 Å². The second kappa shape index (κ2) is 22.6. The van der Waals surface area contributed by atoms with Crippen molar-refractivity contribution in [3.05, 3.63) is 295 Å². The molecule has 15 aromatic rings. The van der Waals surface area contributed by atoms with Crippen molar-refractivity contribution in [3.8, 4) is 125 Å². The average Bonchev–Trinajstić information content (AvgIpc) is 1.53. The van der Waals surface area contributed by atoms with Crippen LogP contribution in [-0.2, 0) is 6.18 Å². The maximum atomic E-state index is 16.9. The molecule has 0 aliphatic heterocycles. The first-order valence-corrected chi connectivity index (χ1v) is 29.5. The predicted octanol–water partition coefficient (Wildman–Crippen LogP) is 19.9. The number of aromatic nitrogens is 5. The fraction of sp³-hybridized carbons (Fsp3) is 0.0125. The molecule has 0 aliphatic rings. The molecule has 12 aromatic carbocycles. The van der Waals surface area contributed by atoms with E-state index in [0.29, 0.717) is 111 Å². The fourth-order valence-corrected chi connectivity index (χ4v) is 12.8. The number of halogens is 3. The number of alkyl halides is 3. The predicted molar refractivity (Wildman–Crippen MR) is 356 cm³/mol. The van der Waals surface area contributed by atoms with Crippen molar-refractivity contribution in [2.45, 2.75) is 6.18 Å². The van der Waals surface area contributed by atoms with E-state index >= 15 is 13.2 Å². The van der Waals surface area contributed by atoms with Crippen molar-refractivity contribution < 1.29 is 13.2 Å². The molecular weight excluding hydrogens is 1140 g/mol. The summed E-state index contributed by atoms with van der Waals surface area (Å²) in [4.78, 5) is 15.2. The molecule has 0 amide bonds. The standard InChI is InChI=1S/C80H44F3N9/c81-80(82,83)69-28-15-29-75(92-72-37-32-53(62-26-13-9-22-58(62)47-86)42-66(72)67-43-54(33-38-73(67)92)63-27-14-10-23-59(63)48-87)76(69)68-44-55(79-89-77(49-16-3-1-4-17-49)88-78(90-79)50-18-5-2-6-19-50)34-39-74(68)91-70-35-30-51(60-24-11-7-20-56(60)45-84)40-64(70)65-41-52(31-36-71(65)91)61-25-12-8-21-57(61)46-85/h1-44H. The quantitative estimate of drug-likeness (QED) is 0.133. The Hall–Kier alpha value is -13.0. The van der Waals surface area contributed by atoms with Crippen LogP contribution in [0.4, 0.5) is 13.2 Å². The van der Waals surface area contributed by atoms with Crippen LogP contribution < -0.4 is 0 Å². The molecule has 0 radical (unpaired) electrons. The lowest BCUT2D eigenvalue weighted by Crippen LogP contribution is -2.11. The molecule has 0 aliphatic carbocycles. The highest BCUT2D eigenvalue weighted by molar-refractivity contribution is 6.14. The van der Waals surface area contributed by atoms with Crippen LogP contribution in [0.5, 0.6) is 0 Å². The Balaban J connectivity index is 1.07. The third-order valence-corrected chi connectivity index (χ3v) is 17.0. The Morgan fingerprint density at radius 3 is 0.967 bits per heavy atom. The maximum Gasteiger partial charge on any atom is 0.417 e. The molecule has 0 saturated carbocycles. The Bertz CT molecular complexity index is 5410. The molecule has 9 nitrogen and oxygen atoms in total. The summed E-state index contributed by atoms with van der Waals surface area (Å²) in [5.74, 6) is 0.938. The van der Waals surface area contributed by atoms with Gasteiger partial charge in [-0.3, -0.25) is 0 Å². The normalized spacial score (nSPS) is 11.4. The molecule has 0 atom stereocenters. The van der Waals surface area contributed by atoms with Crippen LogP contribution in [0.25, 0.3) is 145 Å². The molecule has 0 saturated heterocycles. The number of benzene rings is 12. The van der Waals surface area contributed by atoms with Gasteiger partial charge in [0.2, 0.25) is 0 Å². The summed E-state index contributed by atoms with van der Waals surface area (Å²) in [6.45, 7) is 0. The fourth-order valence-electron chi connectivity index (χ4n) is 12.8. The van der Waals surface area contributed by atoms with Crippen LogP contribution in [0, 0.1) is 45.3 Å². The van der Waals surface area contributed by atoms with Gasteiger partial charge in [-0.25, -0.2) is 15.0 Å². The number of rotatable bonds is 10. The molecule has 92 heavy (non-hydrogen) atoms. The first-order valence-electron chi connectivity index (χ1n) is 29.5. The van der Waals surface area contributed by atoms with Crippen LogP contribution in [0.3, 0.4) is 0 Å². The van der Waals surface area contributed by atoms with Gasteiger partial charge in [0.1, 0.15) is 0 Å². The van der Waals surface area contributed by atoms with E-state index in [1.807, 2.05) is 215 Å². The van der Waals surface area contributed by atoms with Gasteiger partial charge in [-0.05, 0) is 148 Å². The first kappa shape index (κ1) is 55.6. The molecule has 0 fully saturated rings. The van der Waals surface area contributed by atoms with E-state index in [1.54, 1.807) is 48.5 Å². The molecule has 3 aromatic heterocycles. The first-order chi connectivity index (χ1) is 45.1. The molecule has 0 unspecified atom stereocenters. The van der Waals surface area contributed by atoms with Crippen LogP contribution in [0.15, 0.2) is 267 Å². The van der Waals surface area contributed by atoms with E-state index in [-0.39, 0.29) is 22.6 Å². The van der Waals surface area contributed by atoms with E-state index in [1.165, 1.54) is 6.07 Å². The second-order valence-corrected chi connectivity index (χ2v) is 22.2. The minimum atomic E-state index is -4.94. The van der Waals surface area contributed by atoms with Crippen LogP contribution in [-0.4, -0.2) is 24.1 Å². The molecule has 12 heteroatoms. The third-order valence-electron chi connectivity index (χ3n) is 17.0. The van der Waals surface area contributed by atoms with Gasteiger partial charge in [0.05, 0.1) is 85.5 Å². The van der Waals surface area contributed by atoms with Crippen LogP contribution in [0.1, 0.15) is 27.8 Å². The van der Waals surface area contributed by atoms with Gasteiger partial charge in [-0.2, -0.15) is 34.2 Å². The monoisotopic (exact) mass is 1190 g/mol. The van der Waals surface area contributed by atoms with Gasteiger partial charge in [0.15, 0.2) is 17.5 Å². The molecule has 430 valence electrons. The largest absolute Gasteiger partial charge is 0.417 e. The number of hydrogen-bond acceptors (Lipinski definition) is 7. The summed E-state index contributed by atoms with van der Waals surface area (Å²) < 4.78 is 54.5. The van der Waals surface area contributed by atoms with Gasteiger partial charge in [0.25, 0.3) is 0 Å². The van der Waals surface area contributed by atoms with E-state index in [2.05, 4.69) is 24.3 Å². The zero-order chi connectivity index (χ0) is 62.6. The van der Waals surface area contributed by atoms with Crippen molar-refractivity contribution in [3.63, 3.8) is 0 Å². The number of nitriles is 4. The molecule has 0 spiro atoms. The topological polar surface area (TPSA) is 144 Å². The van der Waals surface area contributed by atoms with Gasteiger partial charge in [-0.15, -0.1) is 0 Å². The number of hydrogen-bond donors (Lipinski definition) is 0. The van der Waals surface area contributed by atoms with Crippen molar-refractivity contribution in [1.82, 2.24) is 24.1 Å². The summed E-state index contributed by atoms with van der Waals surface area (Å²) in [6, 6.07) is 90.4. The highest BCUT2D eigenvalue weighted by Crippen LogP contribution is 2.49. The van der Waals surface area contributed by atoms with E-state index in [4.69, 9.17) is 15.0 Å². The summed E-state index contributed by atoms with van der Waals surface area (Å²) in [6.07, 6.45) is -4.94. The SMILES string of the molecule is N#Cc1ccccc1-c1ccc2c(c1)c1cc(-c3ccccc3C#N)ccc1n2-c1ccc(-c2nc(-c3ccccc3)nc(-c3ccccc3)n2)cc1-c1c(-n2c3ccc(-c4ccccc4C#N)cc3c3cc(-c4ccccc4C#N)ccc32)cccc1C(F)(F)F. The van der Waals surface area contributed by atoms with Crippen LogP contribution >= 0.6 is 0 Å². The molecular formula is C80H44F3N9. The van der Waals surface area contributed by atoms with Crippen molar-refractivity contribution in [2.75, 3.05) is 0 Å². The van der Waals surface area contributed by atoms with Crippen molar-refractivity contribution in [1.29, 1.82) is 21.0 Å². The zero-order valence-electron chi connectivity index (χ0n) is 48.6. The highest BCUT2D eigenvalue weighted by Gasteiger charge is 2.37. The van der Waals surface area contributed by atoms with Crippen molar-refractivity contribution in [2.24, 2.45) is 0 Å². The second-order valence-electron chi connectivity index (χ2n) is 22.2. The molecule has 15 rings (SSSR count). The maximum absolute atomic E-state index is 16.9. The smallest absolute Gasteiger partial charge is 0.309 e. The lowest BCUT2D eigenvalue weighted by atomic mass is 9.93. The number of nitrogens with zero attached hydrogens (tertiary/aromatic N) is 9. The minimum absolute atomic E-state index is 0.150. The Morgan fingerprint density at radius 1 is 0.283 bits per heavy atom. The Morgan fingerprint density at radius 2 is 0.609 bits per heavy atom. The van der Waals surface area contributed by atoms with Crippen LogP contribution in [0.2, 0.25) is 0 Å². The minimum Gasteiger partial charge on any atom is -0.309 e. The average molecular weight is 1190 g/mol. The molecule has 3 heterocycles. The van der Waals surface area contributed by atoms with Crippen molar-refractivity contribution >= 4 is 43.6 Å². The Labute approximate surface area is 525 Å². The summed E-state index contributed by atoms with van der Waals surface area (Å²) in [5, 5.41) is 44.3. The lowest BCUT2D eigenvalue weighted by molar-refractivity contribution is -0.137. The lowest BCUT2D eigenvalue weighted by Gasteiger charge is -2.23. The molecule has 0 N–H and O–H groups in total. The van der Waals surface area contributed by atoms with E-state index < -0.39 is 11.7 Å². The zero-order valence-corrected chi connectivity index (χ0v) is 48.6. The van der Waals surface area contributed by atoms with Gasteiger partial charge < -0.3 is 9.13 Å². The summed E-state index contributed by atoms with van der Waals surface area (Å²) in [7, 11) is 0. The van der Waals surface area contributed by atoms with Gasteiger partial charge in [-0.1, -0.05) is 164 Å². The molecule has 0 bridgehead atoms.